The number of benzene rings is 1. The summed E-state index contributed by atoms with van der Waals surface area (Å²) in [5.41, 5.74) is 0. The molecule has 0 saturated carbocycles. The number of rotatable bonds is 18. The number of hydrogen-bond acceptors (Lipinski definition) is 4. The highest BCUT2D eigenvalue weighted by atomic mass is 35.5. The van der Waals surface area contributed by atoms with Gasteiger partial charge in [-0.05, 0) is 18.9 Å². The standard InChI is InChI=1S/C25H37Cl3O4/c1-2-3-4-5-6-7-8-9-10-11-12-13-17-31-24(29)15-14-16-25(30)32-23-19-21(27)20(26)18-22(23)28/h18-19H,2-17H2,1H3. The monoisotopic (exact) mass is 506 g/mol. The summed E-state index contributed by atoms with van der Waals surface area (Å²) in [5, 5.41) is 0.738. The Morgan fingerprint density at radius 1 is 0.656 bits per heavy atom. The predicted molar refractivity (Wildman–Crippen MR) is 133 cm³/mol. The zero-order valence-electron chi connectivity index (χ0n) is 19.2. The predicted octanol–water partition coefficient (Wildman–Crippen LogP) is 8.97. The Morgan fingerprint density at radius 3 is 1.75 bits per heavy atom. The number of hydrogen-bond donors (Lipinski definition) is 0. The molecule has 0 bridgehead atoms. The summed E-state index contributed by atoms with van der Waals surface area (Å²) in [6.07, 6.45) is 15.9. The highest BCUT2D eigenvalue weighted by Crippen LogP contribution is 2.34. The quantitative estimate of drug-likeness (QED) is 0.0860. The highest BCUT2D eigenvalue weighted by Gasteiger charge is 2.12. The molecule has 182 valence electrons. The van der Waals surface area contributed by atoms with Crippen LogP contribution in [0, 0.1) is 0 Å². The van der Waals surface area contributed by atoms with Crippen LogP contribution in [-0.2, 0) is 14.3 Å². The first-order valence-electron chi connectivity index (χ1n) is 11.9. The largest absolute Gasteiger partial charge is 0.466 e. The summed E-state index contributed by atoms with van der Waals surface area (Å²) in [6.45, 7) is 2.69. The van der Waals surface area contributed by atoms with Crippen molar-refractivity contribution in [3.63, 3.8) is 0 Å². The smallest absolute Gasteiger partial charge is 0.311 e. The number of esters is 2. The normalized spacial score (nSPS) is 10.9. The van der Waals surface area contributed by atoms with Gasteiger partial charge in [0.15, 0.2) is 5.75 Å². The molecule has 32 heavy (non-hydrogen) atoms. The van der Waals surface area contributed by atoms with Crippen molar-refractivity contribution in [2.24, 2.45) is 0 Å². The van der Waals surface area contributed by atoms with E-state index in [4.69, 9.17) is 44.3 Å². The molecule has 0 heterocycles. The summed E-state index contributed by atoms with van der Waals surface area (Å²) >= 11 is 17.7. The fraction of sp³-hybridized carbons (Fsp3) is 0.680. The summed E-state index contributed by atoms with van der Waals surface area (Å²) in [7, 11) is 0. The van der Waals surface area contributed by atoms with Gasteiger partial charge >= 0.3 is 11.9 Å². The lowest BCUT2D eigenvalue weighted by molar-refractivity contribution is -0.144. The first-order valence-corrected chi connectivity index (χ1v) is 13.1. The number of carbonyl (C=O) groups is 2. The second-order valence-corrected chi connectivity index (χ2v) is 9.36. The third-order valence-electron chi connectivity index (χ3n) is 5.22. The Labute approximate surface area is 208 Å². The molecule has 0 aromatic heterocycles. The van der Waals surface area contributed by atoms with Crippen LogP contribution in [0.4, 0.5) is 0 Å². The summed E-state index contributed by atoms with van der Waals surface area (Å²) < 4.78 is 10.4. The average Bonchev–Trinajstić information content (AvgIpc) is 2.75. The van der Waals surface area contributed by atoms with Crippen molar-refractivity contribution in [1.29, 1.82) is 0 Å². The Bertz CT molecular complexity index is 679. The van der Waals surface area contributed by atoms with Crippen LogP contribution in [0.25, 0.3) is 0 Å². The Kier molecular flexibility index (Phi) is 16.8. The molecule has 0 N–H and O–H groups in total. The van der Waals surface area contributed by atoms with E-state index in [1.54, 1.807) is 0 Å². The molecule has 4 nitrogen and oxygen atoms in total. The molecule has 1 aromatic rings. The number of carbonyl (C=O) groups excluding carboxylic acids is 2. The van der Waals surface area contributed by atoms with Crippen molar-refractivity contribution in [3.05, 3.63) is 27.2 Å². The summed E-state index contributed by atoms with van der Waals surface area (Å²) in [6, 6.07) is 2.81. The maximum atomic E-state index is 11.9. The van der Waals surface area contributed by atoms with Gasteiger partial charge in [-0.2, -0.15) is 0 Å². The Balaban J connectivity index is 1.96. The topological polar surface area (TPSA) is 52.6 Å². The van der Waals surface area contributed by atoms with E-state index in [0.717, 1.165) is 12.8 Å². The van der Waals surface area contributed by atoms with Crippen molar-refractivity contribution < 1.29 is 19.1 Å². The summed E-state index contributed by atoms with van der Waals surface area (Å²) in [4.78, 5) is 23.7. The van der Waals surface area contributed by atoms with Gasteiger partial charge in [-0.3, -0.25) is 9.59 Å². The van der Waals surface area contributed by atoms with E-state index < -0.39 is 5.97 Å². The molecule has 1 aromatic carbocycles. The zero-order valence-corrected chi connectivity index (χ0v) is 21.5. The van der Waals surface area contributed by atoms with Crippen LogP contribution in [0.2, 0.25) is 15.1 Å². The SMILES string of the molecule is CCCCCCCCCCCCCCOC(=O)CCCC(=O)Oc1cc(Cl)c(Cl)cc1Cl. The van der Waals surface area contributed by atoms with Crippen molar-refractivity contribution in [2.75, 3.05) is 6.61 Å². The van der Waals surface area contributed by atoms with E-state index in [2.05, 4.69) is 6.92 Å². The molecular formula is C25H37Cl3O4. The number of ether oxygens (including phenoxy) is 2. The Hall–Kier alpha value is -0.970. The first kappa shape index (κ1) is 29.1. The van der Waals surface area contributed by atoms with E-state index in [-0.39, 0.29) is 39.6 Å². The van der Waals surface area contributed by atoms with E-state index in [1.807, 2.05) is 0 Å². The lowest BCUT2D eigenvalue weighted by Gasteiger charge is -2.08. The lowest BCUT2D eigenvalue weighted by atomic mass is 10.1. The van der Waals surface area contributed by atoms with Gasteiger partial charge in [0.05, 0.1) is 21.7 Å². The van der Waals surface area contributed by atoms with Crippen molar-refractivity contribution in [2.45, 2.75) is 103 Å². The van der Waals surface area contributed by atoms with Crippen molar-refractivity contribution in [3.8, 4) is 5.75 Å². The third-order valence-corrected chi connectivity index (χ3v) is 6.24. The van der Waals surface area contributed by atoms with Gasteiger partial charge in [-0.25, -0.2) is 0 Å². The molecule has 0 radical (unpaired) electrons. The minimum absolute atomic E-state index is 0.0876. The number of halogens is 3. The molecule has 0 aliphatic rings. The van der Waals surface area contributed by atoms with E-state index >= 15 is 0 Å². The Morgan fingerprint density at radius 2 is 1.16 bits per heavy atom. The average molecular weight is 508 g/mol. The van der Waals surface area contributed by atoms with E-state index in [9.17, 15) is 9.59 Å². The number of unbranched alkanes of at least 4 members (excludes halogenated alkanes) is 11. The zero-order chi connectivity index (χ0) is 23.6. The van der Waals surface area contributed by atoms with Crippen LogP contribution < -0.4 is 4.74 Å². The minimum Gasteiger partial charge on any atom is -0.466 e. The molecule has 1 rings (SSSR count). The molecule has 0 fully saturated rings. The molecule has 0 saturated heterocycles. The molecule has 0 amide bonds. The molecule has 0 aliphatic heterocycles. The van der Waals surface area contributed by atoms with Crippen LogP contribution >= 0.6 is 34.8 Å². The molecule has 0 spiro atoms. The van der Waals surface area contributed by atoms with Crippen LogP contribution in [0.15, 0.2) is 12.1 Å². The molecular weight excluding hydrogens is 471 g/mol. The summed E-state index contributed by atoms with van der Waals surface area (Å²) in [5.74, 6) is -0.617. The van der Waals surface area contributed by atoms with Gasteiger partial charge in [-0.1, -0.05) is 112 Å². The van der Waals surface area contributed by atoms with Crippen LogP contribution in [-0.4, -0.2) is 18.5 Å². The van der Waals surface area contributed by atoms with E-state index in [0.29, 0.717) is 13.0 Å². The minimum atomic E-state index is -0.487. The van der Waals surface area contributed by atoms with Gasteiger partial charge in [0.25, 0.3) is 0 Å². The molecule has 0 atom stereocenters. The van der Waals surface area contributed by atoms with Gasteiger partial charge in [-0.15, -0.1) is 0 Å². The van der Waals surface area contributed by atoms with Crippen LogP contribution in [0.1, 0.15) is 103 Å². The van der Waals surface area contributed by atoms with Crippen molar-refractivity contribution >= 4 is 46.7 Å². The maximum Gasteiger partial charge on any atom is 0.311 e. The molecule has 7 heteroatoms. The fourth-order valence-electron chi connectivity index (χ4n) is 3.33. The van der Waals surface area contributed by atoms with Gasteiger partial charge in [0, 0.05) is 18.9 Å². The van der Waals surface area contributed by atoms with Gasteiger partial charge in [0.1, 0.15) is 0 Å². The van der Waals surface area contributed by atoms with Crippen LogP contribution in [0.3, 0.4) is 0 Å². The fourth-order valence-corrected chi connectivity index (χ4v) is 3.91. The van der Waals surface area contributed by atoms with E-state index in [1.165, 1.54) is 76.3 Å². The second-order valence-electron chi connectivity index (χ2n) is 8.13. The second kappa shape index (κ2) is 18.5. The van der Waals surface area contributed by atoms with Gasteiger partial charge < -0.3 is 9.47 Å². The maximum absolute atomic E-state index is 11.9. The third kappa shape index (κ3) is 14.2. The highest BCUT2D eigenvalue weighted by molar-refractivity contribution is 6.43. The molecule has 0 unspecified atom stereocenters. The first-order chi connectivity index (χ1) is 15.4. The van der Waals surface area contributed by atoms with Crippen molar-refractivity contribution in [1.82, 2.24) is 0 Å². The van der Waals surface area contributed by atoms with Crippen LogP contribution in [0.5, 0.6) is 5.75 Å². The molecule has 0 aliphatic carbocycles. The lowest BCUT2D eigenvalue weighted by Crippen LogP contribution is -2.11. The van der Waals surface area contributed by atoms with Gasteiger partial charge in [0.2, 0.25) is 0 Å².